The van der Waals surface area contributed by atoms with E-state index in [1.54, 1.807) is 6.07 Å². The van der Waals surface area contributed by atoms with Gasteiger partial charge in [-0.3, -0.25) is 0 Å². The van der Waals surface area contributed by atoms with Crippen molar-refractivity contribution < 1.29 is 17.9 Å². The number of halogens is 3. The molecule has 1 atom stereocenters. The van der Waals surface area contributed by atoms with Gasteiger partial charge >= 0.3 is 0 Å². The van der Waals surface area contributed by atoms with E-state index in [0.29, 0.717) is 41.0 Å². The average molecular weight is 429 g/mol. The number of rotatable bonds is 7. The van der Waals surface area contributed by atoms with Crippen LogP contribution in [-0.4, -0.2) is 0 Å². The summed E-state index contributed by atoms with van der Waals surface area (Å²) in [6.45, 7) is 4.13. The van der Waals surface area contributed by atoms with Gasteiger partial charge in [-0.25, -0.2) is 8.78 Å². The molecule has 1 aliphatic carbocycles. The van der Waals surface area contributed by atoms with Crippen LogP contribution in [0.25, 0.3) is 5.57 Å². The molecule has 0 radical (unpaired) electrons. The van der Waals surface area contributed by atoms with Crippen LogP contribution in [0.5, 0.6) is 11.5 Å². The van der Waals surface area contributed by atoms with Crippen molar-refractivity contribution >= 4 is 5.57 Å². The molecule has 1 nitrogen and oxygen atoms in total. The maximum atomic E-state index is 15.4. The summed E-state index contributed by atoms with van der Waals surface area (Å²) in [4.78, 5) is 0. The summed E-state index contributed by atoms with van der Waals surface area (Å²) in [6.07, 6.45) is 11.5. The molecule has 0 spiro atoms. The van der Waals surface area contributed by atoms with Crippen LogP contribution in [0.3, 0.4) is 0 Å². The maximum Gasteiger partial charge on any atom is 0.201 e. The average Bonchev–Trinajstić information content (AvgIpc) is 2.78. The first kappa shape index (κ1) is 22.0. The van der Waals surface area contributed by atoms with Gasteiger partial charge < -0.3 is 4.74 Å². The third kappa shape index (κ3) is 4.40. The van der Waals surface area contributed by atoms with Crippen molar-refractivity contribution in [2.45, 2.75) is 78.1 Å². The fraction of sp³-hybridized carbons (Fsp3) is 0.481. The van der Waals surface area contributed by atoms with Crippen molar-refractivity contribution in [1.82, 2.24) is 0 Å². The smallest absolute Gasteiger partial charge is 0.201 e. The summed E-state index contributed by atoms with van der Waals surface area (Å²) >= 11 is 0. The first-order chi connectivity index (χ1) is 15.0. The molecule has 4 rings (SSSR count). The molecule has 1 unspecified atom stereocenters. The van der Waals surface area contributed by atoms with Gasteiger partial charge in [-0.2, -0.15) is 4.39 Å². The van der Waals surface area contributed by atoms with Crippen molar-refractivity contribution in [2.24, 2.45) is 5.92 Å². The van der Waals surface area contributed by atoms with Gasteiger partial charge in [0.05, 0.1) is 0 Å². The highest BCUT2D eigenvalue weighted by Crippen LogP contribution is 2.44. The number of ether oxygens (including phenoxy) is 1. The van der Waals surface area contributed by atoms with Gasteiger partial charge in [-0.15, -0.1) is 0 Å². The number of allylic oxidation sites excluding steroid dienone is 2. The lowest BCUT2D eigenvalue weighted by molar-refractivity contribution is 0.378. The van der Waals surface area contributed by atoms with Crippen molar-refractivity contribution in [3.63, 3.8) is 0 Å². The lowest BCUT2D eigenvalue weighted by Gasteiger charge is -2.25. The second-order valence-corrected chi connectivity index (χ2v) is 8.96. The molecule has 166 valence electrons. The Labute approximate surface area is 183 Å². The predicted molar refractivity (Wildman–Crippen MR) is 119 cm³/mol. The van der Waals surface area contributed by atoms with Crippen LogP contribution in [-0.2, 0) is 12.8 Å². The van der Waals surface area contributed by atoms with E-state index in [2.05, 4.69) is 13.0 Å². The second kappa shape index (κ2) is 9.50. The summed E-state index contributed by atoms with van der Waals surface area (Å²) in [5.41, 5.74) is 3.12. The normalized spacial score (nSPS) is 17.6. The zero-order valence-electron chi connectivity index (χ0n) is 18.5. The van der Waals surface area contributed by atoms with Gasteiger partial charge in [0.25, 0.3) is 0 Å². The Morgan fingerprint density at radius 2 is 1.74 bits per heavy atom. The van der Waals surface area contributed by atoms with Crippen molar-refractivity contribution in [3.8, 4) is 11.5 Å². The highest BCUT2D eigenvalue weighted by molar-refractivity contribution is 5.70. The zero-order chi connectivity index (χ0) is 22.0. The van der Waals surface area contributed by atoms with Crippen LogP contribution >= 0.6 is 0 Å². The molecule has 2 aromatic rings. The molecule has 1 heterocycles. The molecule has 2 aromatic carbocycles. The summed E-state index contributed by atoms with van der Waals surface area (Å²) < 4.78 is 50.2. The molecular weight excluding hydrogens is 397 g/mol. The van der Waals surface area contributed by atoms with E-state index >= 15 is 4.39 Å². The van der Waals surface area contributed by atoms with E-state index < -0.39 is 17.5 Å². The Balaban J connectivity index is 1.58. The molecule has 0 fully saturated rings. The Hall–Kier alpha value is -2.23. The zero-order valence-corrected chi connectivity index (χ0v) is 18.5. The quantitative estimate of drug-likeness (QED) is 0.343. The first-order valence-corrected chi connectivity index (χ1v) is 11.7. The fourth-order valence-corrected chi connectivity index (χ4v) is 4.89. The number of unbranched alkanes of at least 4 members (excludes halogenated alkanes) is 2. The van der Waals surface area contributed by atoms with Crippen LogP contribution in [0, 0.1) is 23.4 Å². The van der Waals surface area contributed by atoms with Crippen molar-refractivity contribution in [2.75, 3.05) is 0 Å². The molecule has 0 saturated heterocycles. The Morgan fingerprint density at radius 3 is 2.45 bits per heavy atom. The molecule has 0 aromatic heterocycles. The van der Waals surface area contributed by atoms with E-state index in [-0.39, 0.29) is 11.5 Å². The molecule has 2 aliphatic rings. The molecular formula is C27H31F3O. The molecule has 0 N–H and O–H groups in total. The molecule has 4 heteroatoms. The monoisotopic (exact) mass is 428 g/mol. The number of fused-ring (bicyclic) bond motifs is 2. The summed E-state index contributed by atoms with van der Waals surface area (Å²) in [6, 6.07) is 5.35. The van der Waals surface area contributed by atoms with Gasteiger partial charge in [0.15, 0.2) is 23.1 Å². The minimum Gasteiger partial charge on any atom is -0.450 e. The molecule has 0 amide bonds. The number of benzene rings is 2. The van der Waals surface area contributed by atoms with Crippen LogP contribution in [0.2, 0.25) is 0 Å². The molecule has 1 aliphatic heterocycles. The van der Waals surface area contributed by atoms with Crippen LogP contribution in [0.1, 0.15) is 87.5 Å². The van der Waals surface area contributed by atoms with Gasteiger partial charge in [-0.1, -0.05) is 64.2 Å². The van der Waals surface area contributed by atoms with Crippen LogP contribution < -0.4 is 4.74 Å². The molecule has 31 heavy (non-hydrogen) atoms. The highest BCUT2D eigenvalue weighted by Gasteiger charge is 2.29. The molecule has 0 bridgehead atoms. The van der Waals surface area contributed by atoms with E-state index in [4.69, 9.17) is 4.74 Å². The van der Waals surface area contributed by atoms with E-state index in [9.17, 15) is 8.78 Å². The predicted octanol–water partition coefficient (Wildman–Crippen LogP) is 8.52. The summed E-state index contributed by atoms with van der Waals surface area (Å²) in [5.74, 6) is -1.82. The Morgan fingerprint density at radius 1 is 0.935 bits per heavy atom. The minimum absolute atomic E-state index is 0.0394. The standard InChI is InChI=1S/C27H31F3O/c1-3-5-6-8-17-9-11-18(12-10-17)22-14-13-20-16-21-15-19(7-4-2)23(28)25(30)27(21)31-26(20)24(22)29/h11,13-15,17H,3-10,12,16H2,1-2H3. The SMILES string of the molecule is CCCCCC1CC=C(c2ccc3c(c2F)Oc2c(cc(CCC)c(F)c2F)C3)CC1. The summed E-state index contributed by atoms with van der Waals surface area (Å²) in [7, 11) is 0. The third-order valence-electron chi connectivity index (χ3n) is 6.68. The van der Waals surface area contributed by atoms with E-state index in [1.807, 2.05) is 19.1 Å². The lowest BCUT2D eigenvalue weighted by atomic mass is 9.83. The maximum absolute atomic E-state index is 15.4. The van der Waals surface area contributed by atoms with Gasteiger partial charge in [0, 0.05) is 23.1 Å². The largest absolute Gasteiger partial charge is 0.450 e. The minimum atomic E-state index is -1.01. The van der Waals surface area contributed by atoms with Gasteiger partial charge in [0.2, 0.25) is 5.82 Å². The Kier molecular flexibility index (Phi) is 6.74. The topological polar surface area (TPSA) is 9.23 Å². The fourth-order valence-electron chi connectivity index (χ4n) is 4.89. The summed E-state index contributed by atoms with van der Waals surface area (Å²) in [5, 5.41) is 0. The Bertz CT molecular complexity index is 993. The second-order valence-electron chi connectivity index (χ2n) is 8.96. The third-order valence-corrected chi connectivity index (χ3v) is 6.68. The van der Waals surface area contributed by atoms with Crippen LogP contribution in [0.4, 0.5) is 13.2 Å². The van der Waals surface area contributed by atoms with Gasteiger partial charge in [0.1, 0.15) is 0 Å². The number of hydrogen-bond donors (Lipinski definition) is 0. The van der Waals surface area contributed by atoms with Gasteiger partial charge in [-0.05, 0) is 48.8 Å². The number of aryl methyl sites for hydroxylation is 1. The van der Waals surface area contributed by atoms with E-state index in [0.717, 1.165) is 31.3 Å². The molecule has 0 saturated carbocycles. The van der Waals surface area contributed by atoms with Crippen molar-refractivity contribution in [3.05, 3.63) is 64.0 Å². The van der Waals surface area contributed by atoms with Crippen molar-refractivity contribution in [1.29, 1.82) is 0 Å². The lowest BCUT2D eigenvalue weighted by Crippen LogP contribution is -2.11. The van der Waals surface area contributed by atoms with Crippen LogP contribution in [0.15, 0.2) is 24.3 Å². The van der Waals surface area contributed by atoms with E-state index in [1.165, 1.54) is 25.7 Å². The number of hydrogen-bond acceptors (Lipinski definition) is 1. The highest BCUT2D eigenvalue weighted by atomic mass is 19.2. The first-order valence-electron chi connectivity index (χ1n) is 11.7.